The molecule has 0 saturated heterocycles. The number of guanidine groups is 1. The summed E-state index contributed by atoms with van der Waals surface area (Å²) in [5.74, 6) is 3.05. The van der Waals surface area contributed by atoms with Crippen LogP contribution >= 0.6 is 0 Å². The Labute approximate surface area is 154 Å². The lowest BCUT2D eigenvalue weighted by molar-refractivity contribution is 0.235. The molecule has 138 valence electrons. The quantitative estimate of drug-likeness (QED) is 0.616. The Morgan fingerprint density at radius 2 is 2.08 bits per heavy atom. The minimum atomic E-state index is 0.0980. The number of ether oxygens (including phenoxy) is 3. The molecule has 1 aliphatic rings. The molecule has 26 heavy (non-hydrogen) atoms. The van der Waals surface area contributed by atoms with Crippen molar-refractivity contribution in [2.45, 2.75) is 19.4 Å². The standard InChI is InChI=1S/C20H25N3O3/c1-4-25-19-12-15(9-10-18(19)24-3)23-20(21-2)22-13-16-11-14-7-5-6-8-17(14)26-16/h5-10,12,16H,4,11,13H2,1-3H3,(H2,21,22,23). The Bertz CT molecular complexity index is 752. The van der Waals surface area contributed by atoms with Gasteiger partial charge in [-0.1, -0.05) is 18.2 Å². The molecular weight excluding hydrogens is 330 g/mol. The number of hydrogen-bond acceptors (Lipinski definition) is 4. The number of para-hydroxylation sites is 1. The number of nitrogens with zero attached hydrogens (tertiary/aromatic N) is 1. The minimum absolute atomic E-state index is 0.0980. The molecule has 0 spiro atoms. The number of nitrogens with one attached hydrogen (secondary N) is 2. The molecule has 1 aliphatic heterocycles. The summed E-state index contributed by atoms with van der Waals surface area (Å²) < 4.78 is 16.9. The normalized spacial score (nSPS) is 15.8. The van der Waals surface area contributed by atoms with Gasteiger partial charge < -0.3 is 24.8 Å². The maximum absolute atomic E-state index is 5.95. The van der Waals surface area contributed by atoms with Crippen molar-refractivity contribution in [2.24, 2.45) is 4.99 Å². The topological polar surface area (TPSA) is 64.1 Å². The molecule has 2 N–H and O–H groups in total. The summed E-state index contributed by atoms with van der Waals surface area (Å²) in [5.41, 5.74) is 2.12. The lowest BCUT2D eigenvalue weighted by Crippen LogP contribution is -2.38. The molecule has 0 radical (unpaired) electrons. The van der Waals surface area contributed by atoms with Crippen LogP contribution in [0.3, 0.4) is 0 Å². The van der Waals surface area contributed by atoms with Crippen molar-refractivity contribution in [3.05, 3.63) is 48.0 Å². The van der Waals surface area contributed by atoms with E-state index in [1.807, 2.05) is 43.3 Å². The first-order chi connectivity index (χ1) is 12.7. The molecule has 6 nitrogen and oxygen atoms in total. The molecule has 0 bridgehead atoms. The second kappa shape index (κ2) is 8.47. The van der Waals surface area contributed by atoms with Gasteiger partial charge in [0.25, 0.3) is 0 Å². The van der Waals surface area contributed by atoms with Gasteiger partial charge in [0, 0.05) is 25.2 Å². The lowest BCUT2D eigenvalue weighted by atomic mass is 10.1. The van der Waals surface area contributed by atoms with Crippen LogP contribution < -0.4 is 24.8 Å². The van der Waals surface area contributed by atoms with E-state index in [1.54, 1.807) is 14.2 Å². The van der Waals surface area contributed by atoms with E-state index in [4.69, 9.17) is 14.2 Å². The molecule has 0 aliphatic carbocycles. The monoisotopic (exact) mass is 355 g/mol. The molecule has 1 heterocycles. The van der Waals surface area contributed by atoms with Gasteiger partial charge in [-0.15, -0.1) is 0 Å². The molecule has 3 rings (SSSR count). The Morgan fingerprint density at radius 1 is 1.23 bits per heavy atom. The first-order valence-electron chi connectivity index (χ1n) is 8.76. The predicted octanol–water partition coefficient (Wildman–Crippen LogP) is 3.08. The minimum Gasteiger partial charge on any atom is -0.493 e. The summed E-state index contributed by atoms with van der Waals surface area (Å²) in [6.07, 6.45) is 0.998. The van der Waals surface area contributed by atoms with Crippen LogP contribution in [0.5, 0.6) is 17.2 Å². The van der Waals surface area contributed by atoms with E-state index in [9.17, 15) is 0 Å². The summed E-state index contributed by atoms with van der Waals surface area (Å²) in [6, 6.07) is 13.8. The maximum Gasteiger partial charge on any atom is 0.195 e. The van der Waals surface area contributed by atoms with Crippen molar-refractivity contribution in [3.63, 3.8) is 0 Å². The third-order valence-corrected chi connectivity index (χ3v) is 4.16. The Balaban J connectivity index is 1.58. The zero-order valence-electron chi connectivity index (χ0n) is 15.4. The van der Waals surface area contributed by atoms with E-state index in [0.717, 1.165) is 17.9 Å². The lowest BCUT2D eigenvalue weighted by Gasteiger charge is -2.17. The summed E-state index contributed by atoms with van der Waals surface area (Å²) >= 11 is 0. The van der Waals surface area contributed by atoms with E-state index in [0.29, 0.717) is 30.6 Å². The highest BCUT2D eigenvalue weighted by atomic mass is 16.5. The van der Waals surface area contributed by atoms with Gasteiger partial charge in [0.2, 0.25) is 0 Å². The van der Waals surface area contributed by atoms with Crippen LogP contribution in [0.4, 0.5) is 5.69 Å². The first-order valence-corrected chi connectivity index (χ1v) is 8.76. The molecule has 0 amide bonds. The van der Waals surface area contributed by atoms with Crippen molar-refractivity contribution in [1.29, 1.82) is 0 Å². The predicted molar refractivity (Wildman–Crippen MR) is 104 cm³/mol. The molecule has 2 aromatic carbocycles. The fourth-order valence-electron chi connectivity index (χ4n) is 2.92. The second-order valence-corrected chi connectivity index (χ2v) is 5.93. The van der Waals surface area contributed by atoms with Gasteiger partial charge >= 0.3 is 0 Å². The summed E-state index contributed by atoms with van der Waals surface area (Å²) in [4.78, 5) is 4.28. The third-order valence-electron chi connectivity index (χ3n) is 4.16. The number of hydrogen-bond donors (Lipinski definition) is 2. The summed E-state index contributed by atoms with van der Waals surface area (Å²) in [6.45, 7) is 3.19. The van der Waals surface area contributed by atoms with Crippen LogP contribution in [0, 0.1) is 0 Å². The molecule has 1 unspecified atom stereocenters. The van der Waals surface area contributed by atoms with Crippen LogP contribution in [0.2, 0.25) is 0 Å². The molecule has 2 aromatic rings. The van der Waals surface area contributed by atoms with Crippen LogP contribution in [-0.2, 0) is 6.42 Å². The Hall–Kier alpha value is -2.89. The van der Waals surface area contributed by atoms with E-state index in [2.05, 4.69) is 21.7 Å². The van der Waals surface area contributed by atoms with E-state index >= 15 is 0 Å². The Kier molecular flexibility index (Phi) is 5.84. The van der Waals surface area contributed by atoms with Crippen molar-refractivity contribution in [3.8, 4) is 17.2 Å². The SMILES string of the molecule is CCOc1cc(NC(=NC)NCC2Cc3ccccc3O2)ccc1OC. The van der Waals surface area contributed by atoms with Crippen LogP contribution in [-0.4, -0.2) is 39.4 Å². The van der Waals surface area contributed by atoms with E-state index < -0.39 is 0 Å². The van der Waals surface area contributed by atoms with Gasteiger partial charge in [0.05, 0.1) is 20.3 Å². The fourth-order valence-corrected chi connectivity index (χ4v) is 2.92. The van der Waals surface area contributed by atoms with Crippen molar-refractivity contribution >= 4 is 11.6 Å². The molecule has 0 fully saturated rings. The average Bonchev–Trinajstić information content (AvgIpc) is 3.08. The number of rotatable bonds is 6. The second-order valence-electron chi connectivity index (χ2n) is 5.93. The fraction of sp³-hybridized carbons (Fsp3) is 0.350. The highest BCUT2D eigenvalue weighted by Crippen LogP contribution is 2.30. The van der Waals surface area contributed by atoms with Crippen molar-refractivity contribution < 1.29 is 14.2 Å². The van der Waals surface area contributed by atoms with E-state index in [1.165, 1.54) is 5.56 Å². The van der Waals surface area contributed by atoms with Crippen LogP contribution in [0.25, 0.3) is 0 Å². The molecule has 0 saturated carbocycles. The Morgan fingerprint density at radius 3 is 2.81 bits per heavy atom. The number of fused-ring (bicyclic) bond motifs is 1. The van der Waals surface area contributed by atoms with Gasteiger partial charge in [-0.3, -0.25) is 4.99 Å². The molecular formula is C20H25N3O3. The highest BCUT2D eigenvalue weighted by molar-refractivity contribution is 5.93. The number of aliphatic imine (C=N–C) groups is 1. The largest absolute Gasteiger partial charge is 0.493 e. The van der Waals surface area contributed by atoms with Crippen LogP contribution in [0.1, 0.15) is 12.5 Å². The first kappa shape index (κ1) is 17.9. The van der Waals surface area contributed by atoms with Crippen molar-refractivity contribution in [2.75, 3.05) is 32.6 Å². The van der Waals surface area contributed by atoms with Crippen LogP contribution in [0.15, 0.2) is 47.5 Å². The average molecular weight is 355 g/mol. The zero-order valence-corrected chi connectivity index (χ0v) is 15.4. The smallest absolute Gasteiger partial charge is 0.195 e. The zero-order chi connectivity index (χ0) is 18.4. The molecule has 6 heteroatoms. The van der Waals surface area contributed by atoms with Gasteiger partial charge in [0.15, 0.2) is 17.5 Å². The molecule has 0 aromatic heterocycles. The maximum atomic E-state index is 5.95. The summed E-state index contributed by atoms with van der Waals surface area (Å²) in [7, 11) is 3.37. The summed E-state index contributed by atoms with van der Waals surface area (Å²) in [5, 5.41) is 6.59. The highest BCUT2D eigenvalue weighted by Gasteiger charge is 2.22. The number of methoxy groups -OCH3 is 1. The van der Waals surface area contributed by atoms with Gasteiger partial charge in [-0.25, -0.2) is 0 Å². The van der Waals surface area contributed by atoms with Gasteiger partial charge in [-0.05, 0) is 30.7 Å². The van der Waals surface area contributed by atoms with E-state index in [-0.39, 0.29) is 6.10 Å². The van der Waals surface area contributed by atoms with Gasteiger partial charge in [-0.2, -0.15) is 0 Å². The molecule has 1 atom stereocenters. The van der Waals surface area contributed by atoms with Gasteiger partial charge in [0.1, 0.15) is 11.9 Å². The third kappa shape index (κ3) is 4.20. The number of benzene rings is 2. The number of anilines is 1. The van der Waals surface area contributed by atoms with Crippen molar-refractivity contribution in [1.82, 2.24) is 5.32 Å².